The van der Waals surface area contributed by atoms with Crippen molar-refractivity contribution in [2.75, 3.05) is 5.32 Å². The first kappa shape index (κ1) is 13.5. The number of hydrogen-bond acceptors (Lipinski definition) is 5. The topological polar surface area (TPSA) is 69.6 Å². The van der Waals surface area contributed by atoms with Crippen LogP contribution in [-0.4, -0.2) is 28.2 Å². The molecule has 3 N–H and O–H groups in total. The van der Waals surface area contributed by atoms with Crippen LogP contribution in [-0.2, 0) is 0 Å². The van der Waals surface area contributed by atoms with Gasteiger partial charge in [0.05, 0.1) is 5.69 Å². The van der Waals surface area contributed by atoms with Crippen molar-refractivity contribution in [1.29, 1.82) is 0 Å². The first-order valence-electron chi connectivity index (χ1n) is 5.78. The highest BCUT2D eigenvalue weighted by molar-refractivity contribution is 8.01. The number of Topliss-reactive ketones (excluding diaryl/α,β-unsaturated/α-hetero) is 1. The van der Waals surface area contributed by atoms with Gasteiger partial charge in [-0.05, 0) is 12.1 Å². The van der Waals surface area contributed by atoms with Crippen LogP contribution in [0.5, 0.6) is 0 Å². The molecular weight excluding hydrogens is 249 g/mol. The zero-order valence-corrected chi connectivity index (χ0v) is 11.4. The second kappa shape index (κ2) is 4.61. The second-order valence-corrected chi connectivity index (χ2v) is 6.54. The molecule has 96 valence electrons. The zero-order chi connectivity index (χ0) is 13.5. The third-order valence-corrected chi connectivity index (χ3v) is 3.97. The molecular formula is C12H16BNO3S. The van der Waals surface area contributed by atoms with Gasteiger partial charge >= 0.3 is 7.12 Å². The molecule has 0 fully saturated rings. The number of carbonyl (C=O) groups is 1. The molecule has 0 aromatic heterocycles. The van der Waals surface area contributed by atoms with Crippen molar-refractivity contribution < 1.29 is 14.8 Å². The maximum atomic E-state index is 12.3. The van der Waals surface area contributed by atoms with E-state index in [2.05, 4.69) is 5.32 Å². The standard InChI is InChI=1S/C12H16BNO3S/c1-12(2,3)10(15)7-5-4-6-8-9(7)14-11(18-8)13(16)17/h4-6,11,14,16-17H,1-3H3. The van der Waals surface area contributed by atoms with Crippen LogP contribution in [0.25, 0.3) is 0 Å². The molecule has 2 rings (SSSR count). The van der Waals surface area contributed by atoms with Gasteiger partial charge in [-0.3, -0.25) is 4.79 Å². The Morgan fingerprint density at radius 2 is 2.06 bits per heavy atom. The molecule has 1 aromatic carbocycles. The number of benzene rings is 1. The SMILES string of the molecule is CC(C)(C)C(=O)c1cccc2c1NC(B(O)O)S2. The zero-order valence-electron chi connectivity index (χ0n) is 10.6. The summed E-state index contributed by atoms with van der Waals surface area (Å²) in [6, 6.07) is 5.46. The number of fused-ring (bicyclic) bond motifs is 1. The average molecular weight is 265 g/mol. The summed E-state index contributed by atoms with van der Waals surface area (Å²) in [5, 5.41) is 20.9. The predicted octanol–water partition coefficient (Wildman–Crippen LogP) is 1.77. The van der Waals surface area contributed by atoms with Crippen molar-refractivity contribution in [2.24, 2.45) is 5.41 Å². The van der Waals surface area contributed by atoms with Gasteiger partial charge in [-0.1, -0.05) is 26.8 Å². The lowest BCUT2D eigenvalue weighted by Gasteiger charge is -2.19. The van der Waals surface area contributed by atoms with Crippen LogP contribution in [0.1, 0.15) is 31.1 Å². The molecule has 1 aromatic rings. The minimum Gasteiger partial charge on any atom is -0.425 e. The highest BCUT2D eigenvalue weighted by Gasteiger charge is 2.35. The summed E-state index contributed by atoms with van der Waals surface area (Å²) >= 11 is 1.32. The van der Waals surface area contributed by atoms with Crippen LogP contribution in [0.3, 0.4) is 0 Å². The maximum Gasteiger partial charge on any atom is 0.486 e. The molecule has 0 radical (unpaired) electrons. The molecule has 0 spiro atoms. The molecule has 1 heterocycles. The van der Waals surface area contributed by atoms with E-state index in [9.17, 15) is 14.8 Å². The fourth-order valence-corrected chi connectivity index (χ4v) is 2.83. The summed E-state index contributed by atoms with van der Waals surface area (Å²) in [5.41, 5.74) is 0.855. The largest absolute Gasteiger partial charge is 0.486 e. The molecule has 18 heavy (non-hydrogen) atoms. The van der Waals surface area contributed by atoms with E-state index >= 15 is 0 Å². The highest BCUT2D eigenvalue weighted by atomic mass is 32.2. The number of carbonyl (C=O) groups excluding carboxylic acids is 1. The van der Waals surface area contributed by atoms with Crippen molar-refractivity contribution >= 4 is 30.4 Å². The van der Waals surface area contributed by atoms with Crippen LogP contribution < -0.4 is 5.32 Å². The van der Waals surface area contributed by atoms with E-state index in [1.807, 2.05) is 32.9 Å². The summed E-state index contributed by atoms with van der Waals surface area (Å²) in [7, 11) is -1.46. The quantitative estimate of drug-likeness (QED) is 0.561. The van der Waals surface area contributed by atoms with E-state index < -0.39 is 17.8 Å². The smallest absolute Gasteiger partial charge is 0.425 e. The number of ketones is 1. The Bertz CT molecular complexity index is 485. The Morgan fingerprint density at radius 1 is 1.39 bits per heavy atom. The van der Waals surface area contributed by atoms with Crippen molar-refractivity contribution in [3.63, 3.8) is 0 Å². The monoisotopic (exact) mass is 265 g/mol. The van der Waals surface area contributed by atoms with Gasteiger partial charge in [0.1, 0.15) is 5.27 Å². The molecule has 0 amide bonds. The van der Waals surface area contributed by atoms with E-state index in [1.165, 1.54) is 11.8 Å². The lowest BCUT2D eigenvalue weighted by Crippen LogP contribution is -2.32. The van der Waals surface area contributed by atoms with Gasteiger partial charge < -0.3 is 15.4 Å². The van der Waals surface area contributed by atoms with Gasteiger partial charge in [-0.15, -0.1) is 11.8 Å². The maximum absolute atomic E-state index is 12.3. The van der Waals surface area contributed by atoms with Crippen LogP contribution in [0.4, 0.5) is 5.69 Å². The van der Waals surface area contributed by atoms with E-state index in [0.717, 1.165) is 4.90 Å². The summed E-state index contributed by atoms with van der Waals surface area (Å²) in [4.78, 5) is 13.2. The fourth-order valence-electron chi connectivity index (χ4n) is 1.82. The molecule has 4 nitrogen and oxygen atoms in total. The molecule has 0 saturated carbocycles. The minimum atomic E-state index is -1.46. The first-order valence-corrected chi connectivity index (χ1v) is 6.66. The number of hydrogen-bond donors (Lipinski definition) is 3. The Labute approximate surface area is 111 Å². The number of thioether (sulfide) groups is 1. The van der Waals surface area contributed by atoms with Crippen LogP contribution in [0.2, 0.25) is 0 Å². The lowest BCUT2D eigenvalue weighted by molar-refractivity contribution is 0.0859. The lowest BCUT2D eigenvalue weighted by atomic mass is 9.85. The van der Waals surface area contributed by atoms with Gasteiger partial charge in [0.2, 0.25) is 0 Å². The van der Waals surface area contributed by atoms with Crippen molar-refractivity contribution in [1.82, 2.24) is 0 Å². The molecule has 1 atom stereocenters. The number of para-hydroxylation sites is 1. The Hall–Kier alpha value is -0.975. The third kappa shape index (κ3) is 2.41. The van der Waals surface area contributed by atoms with Gasteiger partial charge in [0.15, 0.2) is 5.78 Å². The van der Waals surface area contributed by atoms with E-state index in [-0.39, 0.29) is 5.78 Å². The molecule has 1 unspecified atom stereocenters. The van der Waals surface area contributed by atoms with E-state index in [4.69, 9.17) is 0 Å². The van der Waals surface area contributed by atoms with E-state index in [0.29, 0.717) is 11.3 Å². The predicted molar refractivity (Wildman–Crippen MR) is 73.7 cm³/mol. The minimum absolute atomic E-state index is 0.0422. The van der Waals surface area contributed by atoms with Gasteiger partial charge in [0.25, 0.3) is 0 Å². The van der Waals surface area contributed by atoms with E-state index in [1.54, 1.807) is 6.07 Å². The summed E-state index contributed by atoms with van der Waals surface area (Å²) in [6.45, 7) is 5.61. The number of nitrogens with one attached hydrogen (secondary N) is 1. The normalized spacial score (nSPS) is 18.2. The van der Waals surface area contributed by atoms with Gasteiger partial charge in [-0.25, -0.2) is 0 Å². The summed E-state index contributed by atoms with van der Waals surface area (Å²) in [5.74, 6) is 0.0422. The first-order chi connectivity index (χ1) is 8.30. The van der Waals surface area contributed by atoms with Crippen molar-refractivity contribution in [2.45, 2.75) is 30.9 Å². The highest BCUT2D eigenvalue weighted by Crippen LogP contribution is 2.42. The summed E-state index contributed by atoms with van der Waals surface area (Å²) in [6.07, 6.45) is 0. The molecule has 0 saturated heterocycles. The number of anilines is 1. The molecule has 6 heteroatoms. The average Bonchev–Trinajstić information content (AvgIpc) is 2.70. The van der Waals surface area contributed by atoms with Crippen molar-refractivity contribution in [3.05, 3.63) is 23.8 Å². The Balaban J connectivity index is 2.38. The number of rotatable bonds is 2. The van der Waals surface area contributed by atoms with Crippen LogP contribution in [0.15, 0.2) is 23.1 Å². The molecule has 1 aliphatic rings. The van der Waals surface area contributed by atoms with Crippen LogP contribution >= 0.6 is 11.8 Å². The van der Waals surface area contributed by atoms with Gasteiger partial charge in [0, 0.05) is 15.9 Å². The molecule has 0 aliphatic carbocycles. The summed E-state index contributed by atoms with van der Waals surface area (Å²) < 4.78 is 0. The second-order valence-electron chi connectivity index (χ2n) is 5.35. The fraction of sp³-hybridized carbons (Fsp3) is 0.417. The molecule has 1 aliphatic heterocycles. The van der Waals surface area contributed by atoms with Crippen LogP contribution in [0, 0.1) is 5.41 Å². The Kier molecular flexibility index (Phi) is 3.44. The molecule has 0 bridgehead atoms. The van der Waals surface area contributed by atoms with Gasteiger partial charge in [-0.2, -0.15) is 0 Å². The Morgan fingerprint density at radius 3 is 2.61 bits per heavy atom. The van der Waals surface area contributed by atoms with Crippen molar-refractivity contribution in [3.8, 4) is 0 Å². The third-order valence-electron chi connectivity index (χ3n) is 2.76.